The fourth-order valence-electron chi connectivity index (χ4n) is 2.79. The standard InChI is InChI=1S/C18H23N3O3/c1-11(19-17(22)23-18(2,3)4)16-20-15(21-24-16)14-9-8-12-6-5-7-13(12)10-14/h8-11H,5-7H2,1-4H3,(H,19,22)/t11-/m0/s1. The van der Waals surface area contributed by atoms with Gasteiger partial charge in [-0.25, -0.2) is 4.79 Å². The molecule has 0 unspecified atom stereocenters. The molecule has 1 atom stereocenters. The Morgan fingerprint density at radius 1 is 1.29 bits per heavy atom. The number of rotatable bonds is 3. The van der Waals surface area contributed by atoms with Gasteiger partial charge in [0.25, 0.3) is 0 Å². The third kappa shape index (κ3) is 3.75. The minimum Gasteiger partial charge on any atom is -0.444 e. The highest BCUT2D eigenvalue weighted by atomic mass is 16.6. The number of hydrogen-bond donors (Lipinski definition) is 1. The number of ether oxygens (including phenoxy) is 1. The molecule has 0 radical (unpaired) electrons. The molecular formula is C18H23N3O3. The van der Waals surface area contributed by atoms with Crippen LogP contribution in [0.4, 0.5) is 4.79 Å². The summed E-state index contributed by atoms with van der Waals surface area (Å²) in [5.74, 6) is 0.897. The molecule has 1 aliphatic carbocycles. The van der Waals surface area contributed by atoms with E-state index in [1.165, 1.54) is 17.5 Å². The van der Waals surface area contributed by atoms with Crippen molar-refractivity contribution in [1.29, 1.82) is 0 Å². The predicted molar refractivity (Wildman–Crippen MR) is 89.5 cm³/mol. The van der Waals surface area contributed by atoms with E-state index in [0.29, 0.717) is 11.7 Å². The van der Waals surface area contributed by atoms with Crippen LogP contribution in [0, 0.1) is 0 Å². The number of fused-ring (bicyclic) bond motifs is 1. The Bertz CT molecular complexity index is 746. The summed E-state index contributed by atoms with van der Waals surface area (Å²) in [4.78, 5) is 16.2. The molecule has 0 bridgehead atoms. The monoisotopic (exact) mass is 329 g/mol. The summed E-state index contributed by atoms with van der Waals surface area (Å²) >= 11 is 0. The van der Waals surface area contributed by atoms with E-state index in [2.05, 4.69) is 27.6 Å². The fourth-order valence-corrected chi connectivity index (χ4v) is 2.79. The summed E-state index contributed by atoms with van der Waals surface area (Å²) in [5.41, 5.74) is 3.16. The van der Waals surface area contributed by atoms with E-state index in [0.717, 1.165) is 18.4 Å². The number of nitrogens with zero attached hydrogens (tertiary/aromatic N) is 2. The van der Waals surface area contributed by atoms with Gasteiger partial charge in [0.15, 0.2) is 0 Å². The topological polar surface area (TPSA) is 77.2 Å². The van der Waals surface area contributed by atoms with Gasteiger partial charge in [-0.15, -0.1) is 0 Å². The van der Waals surface area contributed by atoms with E-state index in [1.807, 2.05) is 26.8 Å². The number of alkyl carbamates (subject to hydrolysis) is 1. The average Bonchev–Trinajstić information content (AvgIpc) is 3.13. The molecule has 1 aliphatic rings. The maximum absolute atomic E-state index is 11.8. The molecule has 0 aliphatic heterocycles. The summed E-state index contributed by atoms with van der Waals surface area (Å²) in [5, 5.41) is 6.74. The second-order valence-corrected chi connectivity index (χ2v) is 7.16. The van der Waals surface area contributed by atoms with Crippen molar-refractivity contribution in [3.63, 3.8) is 0 Å². The average molecular weight is 329 g/mol. The Balaban J connectivity index is 1.70. The summed E-state index contributed by atoms with van der Waals surface area (Å²) in [6.45, 7) is 7.23. The van der Waals surface area contributed by atoms with Gasteiger partial charge >= 0.3 is 6.09 Å². The minimum atomic E-state index is -0.547. The van der Waals surface area contributed by atoms with Crippen LogP contribution in [0.3, 0.4) is 0 Å². The van der Waals surface area contributed by atoms with Crippen molar-refractivity contribution in [1.82, 2.24) is 15.5 Å². The van der Waals surface area contributed by atoms with Crippen molar-refractivity contribution < 1.29 is 14.1 Å². The number of nitrogens with one attached hydrogen (secondary N) is 1. The zero-order valence-corrected chi connectivity index (χ0v) is 14.5. The maximum atomic E-state index is 11.8. The zero-order chi connectivity index (χ0) is 17.3. The molecule has 128 valence electrons. The predicted octanol–water partition coefficient (Wildman–Crippen LogP) is 3.81. The van der Waals surface area contributed by atoms with Gasteiger partial charge in [-0.2, -0.15) is 4.98 Å². The molecule has 0 saturated carbocycles. The third-order valence-corrected chi connectivity index (χ3v) is 3.90. The lowest BCUT2D eigenvalue weighted by Gasteiger charge is -2.20. The van der Waals surface area contributed by atoms with Crippen molar-refractivity contribution in [3.05, 3.63) is 35.2 Å². The Morgan fingerprint density at radius 3 is 2.79 bits per heavy atom. The van der Waals surface area contributed by atoms with Crippen LogP contribution < -0.4 is 5.32 Å². The molecule has 1 amide bonds. The molecule has 0 saturated heterocycles. The number of hydrogen-bond acceptors (Lipinski definition) is 5. The number of amides is 1. The summed E-state index contributed by atoms with van der Waals surface area (Å²) in [6, 6.07) is 5.86. The van der Waals surface area contributed by atoms with Gasteiger partial charge in [0.2, 0.25) is 11.7 Å². The highest BCUT2D eigenvalue weighted by Gasteiger charge is 2.22. The Kier molecular flexibility index (Phi) is 4.30. The van der Waals surface area contributed by atoms with E-state index in [4.69, 9.17) is 9.26 Å². The normalized spacial score (nSPS) is 15.0. The van der Waals surface area contributed by atoms with Gasteiger partial charge in [0.1, 0.15) is 11.6 Å². The molecular weight excluding hydrogens is 306 g/mol. The van der Waals surface area contributed by atoms with E-state index in [-0.39, 0.29) is 0 Å². The highest BCUT2D eigenvalue weighted by Crippen LogP contribution is 2.27. The molecule has 1 N–H and O–H groups in total. The summed E-state index contributed by atoms with van der Waals surface area (Å²) in [6.07, 6.45) is 2.94. The van der Waals surface area contributed by atoms with Crippen LogP contribution >= 0.6 is 0 Å². The Hall–Kier alpha value is -2.37. The highest BCUT2D eigenvalue weighted by molar-refractivity contribution is 5.68. The van der Waals surface area contributed by atoms with Gasteiger partial charge in [-0.1, -0.05) is 17.3 Å². The lowest BCUT2D eigenvalue weighted by Crippen LogP contribution is -2.34. The second-order valence-electron chi connectivity index (χ2n) is 7.16. The SMILES string of the molecule is C[C@H](NC(=O)OC(C)(C)C)c1nc(-c2ccc3c(c2)CCC3)no1. The van der Waals surface area contributed by atoms with Crippen LogP contribution in [0.1, 0.15) is 57.2 Å². The number of carbonyl (C=O) groups excluding carboxylic acids is 1. The molecule has 6 nitrogen and oxygen atoms in total. The first-order valence-corrected chi connectivity index (χ1v) is 8.27. The summed E-state index contributed by atoms with van der Waals surface area (Å²) in [7, 11) is 0. The van der Waals surface area contributed by atoms with E-state index in [1.54, 1.807) is 6.92 Å². The lowest BCUT2D eigenvalue weighted by molar-refractivity contribution is 0.0499. The number of benzene rings is 1. The van der Waals surface area contributed by atoms with Crippen LogP contribution in [0.5, 0.6) is 0 Å². The van der Waals surface area contributed by atoms with Gasteiger partial charge in [0, 0.05) is 5.56 Å². The number of carbonyl (C=O) groups is 1. The zero-order valence-electron chi connectivity index (χ0n) is 14.5. The van der Waals surface area contributed by atoms with Crippen molar-refractivity contribution >= 4 is 6.09 Å². The van der Waals surface area contributed by atoms with Crippen LogP contribution in [0.2, 0.25) is 0 Å². The first kappa shape index (κ1) is 16.5. The largest absolute Gasteiger partial charge is 0.444 e. The van der Waals surface area contributed by atoms with Crippen LogP contribution in [-0.2, 0) is 17.6 Å². The molecule has 3 rings (SSSR count). The van der Waals surface area contributed by atoms with Crippen LogP contribution in [-0.4, -0.2) is 21.8 Å². The number of aryl methyl sites for hydroxylation is 2. The smallest absolute Gasteiger partial charge is 0.408 e. The van der Waals surface area contributed by atoms with Gasteiger partial charge in [0.05, 0.1) is 0 Å². The number of aromatic nitrogens is 2. The van der Waals surface area contributed by atoms with E-state index >= 15 is 0 Å². The molecule has 6 heteroatoms. The van der Waals surface area contributed by atoms with Crippen molar-refractivity contribution in [2.24, 2.45) is 0 Å². The first-order valence-electron chi connectivity index (χ1n) is 8.27. The maximum Gasteiger partial charge on any atom is 0.408 e. The van der Waals surface area contributed by atoms with Crippen molar-refractivity contribution in [3.8, 4) is 11.4 Å². The Labute approximate surface area is 141 Å². The molecule has 1 aromatic heterocycles. The second kappa shape index (κ2) is 6.26. The van der Waals surface area contributed by atoms with Crippen molar-refractivity contribution in [2.75, 3.05) is 0 Å². The molecule has 1 aromatic carbocycles. The van der Waals surface area contributed by atoms with Gasteiger partial charge < -0.3 is 14.6 Å². The molecule has 0 spiro atoms. The Morgan fingerprint density at radius 2 is 2.04 bits per heavy atom. The minimum absolute atomic E-state index is 0.358. The quantitative estimate of drug-likeness (QED) is 0.926. The molecule has 2 aromatic rings. The van der Waals surface area contributed by atoms with E-state index < -0.39 is 17.7 Å². The van der Waals surface area contributed by atoms with Crippen LogP contribution in [0.25, 0.3) is 11.4 Å². The molecule has 1 heterocycles. The lowest BCUT2D eigenvalue weighted by atomic mass is 10.1. The van der Waals surface area contributed by atoms with Crippen molar-refractivity contribution in [2.45, 2.75) is 58.6 Å². The fraction of sp³-hybridized carbons (Fsp3) is 0.500. The first-order chi connectivity index (χ1) is 11.3. The van der Waals surface area contributed by atoms with Crippen LogP contribution in [0.15, 0.2) is 22.7 Å². The third-order valence-electron chi connectivity index (χ3n) is 3.90. The van der Waals surface area contributed by atoms with E-state index in [9.17, 15) is 4.79 Å². The molecule has 0 fully saturated rings. The molecule has 24 heavy (non-hydrogen) atoms. The van der Waals surface area contributed by atoms with Gasteiger partial charge in [-0.3, -0.25) is 0 Å². The van der Waals surface area contributed by atoms with Gasteiger partial charge in [-0.05, 0) is 64.2 Å². The summed E-state index contributed by atoms with van der Waals surface area (Å²) < 4.78 is 10.5.